The van der Waals surface area contributed by atoms with Crippen molar-refractivity contribution in [3.05, 3.63) is 40.1 Å². The predicted molar refractivity (Wildman–Crippen MR) is 101 cm³/mol. The second-order valence-electron chi connectivity index (χ2n) is 5.79. The van der Waals surface area contributed by atoms with Crippen molar-refractivity contribution in [2.45, 2.75) is 25.8 Å². The van der Waals surface area contributed by atoms with E-state index in [1.165, 1.54) is 0 Å². The molecule has 138 valence electrons. The first-order valence-corrected chi connectivity index (χ1v) is 9.24. The fourth-order valence-electron chi connectivity index (χ4n) is 3.05. The Labute approximate surface area is 157 Å². The van der Waals surface area contributed by atoms with Crippen LogP contribution in [-0.2, 0) is 4.79 Å². The molecular weight excluding hydrogens is 352 g/mol. The van der Waals surface area contributed by atoms with Crippen molar-refractivity contribution in [2.24, 2.45) is 5.10 Å². The van der Waals surface area contributed by atoms with Crippen LogP contribution in [0.3, 0.4) is 0 Å². The fourth-order valence-corrected chi connectivity index (χ4v) is 3.77. The van der Waals surface area contributed by atoms with Gasteiger partial charge in [-0.05, 0) is 29.1 Å². The fraction of sp³-hybridized carbons (Fsp3) is 0.368. The average molecular weight is 374 g/mol. The molecule has 1 aliphatic rings. The Kier molecular flexibility index (Phi) is 5.46. The van der Waals surface area contributed by atoms with Crippen LogP contribution in [0.2, 0.25) is 0 Å². The number of hydrazone groups is 1. The van der Waals surface area contributed by atoms with E-state index in [2.05, 4.69) is 5.10 Å². The highest BCUT2D eigenvalue weighted by Crippen LogP contribution is 2.43. The van der Waals surface area contributed by atoms with Gasteiger partial charge in [-0.2, -0.15) is 5.10 Å². The third kappa shape index (κ3) is 3.26. The molecule has 2 heterocycles. The molecule has 3 rings (SSSR count). The lowest BCUT2D eigenvalue weighted by atomic mass is 10.00. The molecule has 0 unspecified atom stereocenters. The Morgan fingerprint density at radius 2 is 1.92 bits per heavy atom. The minimum atomic E-state index is -0.201. The van der Waals surface area contributed by atoms with Gasteiger partial charge in [0.2, 0.25) is 11.7 Å². The lowest BCUT2D eigenvalue weighted by Crippen LogP contribution is -2.26. The molecule has 0 aliphatic carbocycles. The molecule has 0 radical (unpaired) electrons. The molecule has 7 heteroatoms. The maximum Gasteiger partial charge on any atom is 0.242 e. The summed E-state index contributed by atoms with van der Waals surface area (Å²) in [4.78, 5) is 13.6. The molecule has 0 spiro atoms. The maximum absolute atomic E-state index is 12.5. The smallest absolute Gasteiger partial charge is 0.242 e. The van der Waals surface area contributed by atoms with E-state index in [0.29, 0.717) is 30.1 Å². The van der Waals surface area contributed by atoms with Crippen LogP contribution in [0.4, 0.5) is 0 Å². The van der Waals surface area contributed by atoms with Crippen molar-refractivity contribution in [2.75, 3.05) is 21.3 Å². The Morgan fingerprint density at radius 1 is 1.23 bits per heavy atom. The zero-order chi connectivity index (χ0) is 18.7. The number of methoxy groups -OCH3 is 3. The van der Waals surface area contributed by atoms with Crippen LogP contribution in [0.1, 0.15) is 36.2 Å². The molecule has 0 saturated heterocycles. The van der Waals surface area contributed by atoms with Crippen molar-refractivity contribution in [3.63, 3.8) is 0 Å². The SMILES string of the molecule is CCC(=O)N1N=C(c2cccs2)C[C@@H]1c1cc(OC)c(OC)c(OC)c1. The highest BCUT2D eigenvalue weighted by atomic mass is 32.1. The molecule has 1 amide bonds. The van der Waals surface area contributed by atoms with E-state index in [4.69, 9.17) is 14.2 Å². The van der Waals surface area contributed by atoms with Crippen LogP contribution in [0.25, 0.3) is 0 Å². The van der Waals surface area contributed by atoms with Gasteiger partial charge >= 0.3 is 0 Å². The van der Waals surface area contributed by atoms with E-state index < -0.39 is 0 Å². The Hall–Kier alpha value is -2.54. The first-order chi connectivity index (χ1) is 12.6. The van der Waals surface area contributed by atoms with E-state index >= 15 is 0 Å². The standard InChI is InChI=1S/C19H22N2O4S/c1-5-18(22)21-14(11-13(20-21)17-7-6-8-26-17)12-9-15(23-2)19(25-4)16(10-12)24-3/h6-10,14H,5,11H2,1-4H3/t14-/m1/s1. The summed E-state index contributed by atoms with van der Waals surface area (Å²) in [7, 11) is 4.73. The van der Waals surface area contributed by atoms with Crippen LogP contribution in [0.15, 0.2) is 34.7 Å². The third-order valence-electron chi connectivity index (χ3n) is 4.35. The Bertz CT molecular complexity index is 792. The summed E-state index contributed by atoms with van der Waals surface area (Å²) >= 11 is 1.62. The molecule has 1 atom stereocenters. The van der Waals surface area contributed by atoms with Gasteiger partial charge in [0.1, 0.15) is 0 Å². The first-order valence-electron chi connectivity index (χ1n) is 8.36. The monoisotopic (exact) mass is 374 g/mol. The summed E-state index contributed by atoms with van der Waals surface area (Å²) in [6.45, 7) is 1.84. The van der Waals surface area contributed by atoms with Gasteiger partial charge in [-0.15, -0.1) is 11.3 Å². The second-order valence-corrected chi connectivity index (χ2v) is 6.74. The summed E-state index contributed by atoms with van der Waals surface area (Å²) in [6.07, 6.45) is 1.03. The number of amides is 1. The quantitative estimate of drug-likeness (QED) is 0.770. The van der Waals surface area contributed by atoms with Crippen molar-refractivity contribution in [1.29, 1.82) is 0 Å². The number of nitrogens with zero attached hydrogens (tertiary/aromatic N) is 2. The summed E-state index contributed by atoms with van der Waals surface area (Å²) < 4.78 is 16.3. The number of hydrogen-bond donors (Lipinski definition) is 0. The highest BCUT2D eigenvalue weighted by molar-refractivity contribution is 7.12. The van der Waals surface area contributed by atoms with E-state index in [-0.39, 0.29) is 11.9 Å². The van der Waals surface area contributed by atoms with Crippen LogP contribution < -0.4 is 14.2 Å². The molecule has 1 aromatic carbocycles. The van der Waals surface area contributed by atoms with Crippen LogP contribution in [0.5, 0.6) is 17.2 Å². The lowest BCUT2D eigenvalue weighted by molar-refractivity contribution is -0.132. The minimum Gasteiger partial charge on any atom is -0.493 e. The van der Waals surface area contributed by atoms with Gasteiger partial charge in [0.15, 0.2) is 11.5 Å². The van der Waals surface area contributed by atoms with Gasteiger partial charge in [0.05, 0.1) is 38.0 Å². The third-order valence-corrected chi connectivity index (χ3v) is 5.26. The zero-order valence-corrected chi connectivity index (χ0v) is 16.1. The van der Waals surface area contributed by atoms with Crippen LogP contribution >= 0.6 is 11.3 Å². The summed E-state index contributed by atoms with van der Waals surface area (Å²) in [5.41, 5.74) is 1.82. The van der Waals surface area contributed by atoms with Gasteiger partial charge < -0.3 is 14.2 Å². The summed E-state index contributed by atoms with van der Waals surface area (Å²) in [5, 5.41) is 8.20. The number of carbonyl (C=O) groups is 1. The van der Waals surface area contributed by atoms with Crippen LogP contribution in [-0.4, -0.2) is 38.0 Å². The molecule has 6 nitrogen and oxygen atoms in total. The van der Waals surface area contributed by atoms with Crippen LogP contribution in [0, 0.1) is 0 Å². The molecule has 2 aromatic rings. The van der Waals surface area contributed by atoms with E-state index in [1.54, 1.807) is 37.7 Å². The molecular formula is C19H22N2O4S. The summed E-state index contributed by atoms with van der Waals surface area (Å²) in [6, 6.07) is 7.58. The largest absolute Gasteiger partial charge is 0.493 e. The molecule has 0 fully saturated rings. The van der Waals surface area contributed by atoms with Crippen molar-refractivity contribution >= 4 is 23.0 Å². The van der Waals surface area contributed by atoms with E-state index in [0.717, 1.165) is 16.2 Å². The van der Waals surface area contributed by atoms with Crippen molar-refractivity contribution < 1.29 is 19.0 Å². The Balaban J connectivity index is 2.03. The average Bonchev–Trinajstić information content (AvgIpc) is 3.35. The zero-order valence-electron chi connectivity index (χ0n) is 15.3. The van der Waals surface area contributed by atoms with E-state index in [9.17, 15) is 4.79 Å². The van der Waals surface area contributed by atoms with Crippen molar-refractivity contribution in [1.82, 2.24) is 5.01 Å². The van der Waals surface area contributed by atoms with Gasteiger partial charge in [0.25, 0.3) is 0 Å². The van der Waals surface area contributed by atoms with Crippen molar-refractivity contribution in [3.8, 4) is 17.2 Å². The van der Waals surface area contributed by atoms with Gasteiger partial charge in [0, 0.05) is 12.8 Å². The topological polar surface area (TPSA) is 60.4 Å². The highest BCUT2D eigenvalue weighted by Gasteiger charge is 2.34. The molecule has 1 aromatic heterocycles. The molecule has 26 heavy (non-hydrogen) atoms. The molecule has 0 N–H and O–H groups in total. The normalized spacial score (nSPS) is 16.4. The number of rotatable bonds is 6. The summed E-state index contributed by atoms with van der Waals surface area (Å²) in [5.74, 6) is 1.64. The van der Waals surface area contributed by atoms with Gasteiger partial charge in [-0.25, -0.2) is 5.01 Å². The molecule has 1 aliphatic heterocycles. The first kappa shape index (κ1) is 18.3. The Morgan fingerprint density at radius 3 is 2.42 bits per heavy atom. The number of thiophene rings is 1. The molecule has 0 bridgehead atoms. The second kappa shape index (κ2) is 7.78. The maximum atomic E-state index is 12.5. The van der Waals surface area contributed by atoms with Gasteiger partial charge in [-0.3, -0.25) is 4.79 Å². The number of hydrogen-bond acceptors (Lipinski definition) is 6. The minimum absolute atomic E-state index is 0.0182. The van der Waals surface area contributed by atoms with Gasteiger partial charge in [-0.1, -0.05) is 13.0 Å². The lowest BCUT2D eigenvalue weighted by Gasteiger charge is -2.23. The predicted octanol–water partition coefficient (Wildman–Crippen LogP) is 3.86. The number of carbonyl (C=O) groups excluding carboxylic acids is 1. The number of ether oxygens (including phenoxy) is 3. The number of benzene rings is 1. The van der Waals surface area contributed by atoms with E-state index in [1.807, 2.05) is 36.6 Å². The molecule has 0 saturated carbocycles.